The third-order valence-electron chi connectivity index (χ3n) is 3.24. The van der Waals surface area contributed by atoms with E-state index < -0.39 is 6.09 Å². The molecular weight excluding hydrogens is 268 g/mol. The Morgan fingerprint density at radius 3 is 2.76 bits per heavy atom. The molecule has 3 rings (SSSR count). The molecule has 0 unspecified atom stereocenters. The summed E-state index contributed by atoms with van der Waals surface area (Å²) in [5.41, 5.74) is 2.22. The lowest BCUT2D eigenvalue weighted by atomic mass is 10.2. The van der Waals surface area contributed by atoms with Gasteiger partial charge in [0.25, 0.3) is 0 Å². The van der Waals surface area contributed by atoms with Gasteiger partial charge >= 0.3 is 6.09 Å². The Bertz CT molecular complexity index is 766. The van der Waals surface area contributed by atoms with Crippen LogP contribution in [0.3, 0.4) is 0 Å². The van der Waals surface area contributed by atoms with Crippen LogP contribution in [0, 0.1) is 0 Å². The molecule has 0 aliphatic heterocycles. The normalized spacial score (nSPS) is 10.9. The molecule has 0 spiro atoms. The van der Waals surface area contributed by atoms with Gasteiger partial charge in [0, 0.05) is 11.6 Å². The summed E-state index contributed by atoms with van der Waals surface area (Å²) >= 11 is 0. The van der Waals surface area contributed by atoms with Crippen molar-refractivity contribution in [1.29, 1.82) is 0 Å². The number of benzene rings is 1. The molecule has 1 aromatic carbocycles. The number of carbonyl (C=O) groups is 1. The molecule has 0 radical (unpaired) electrons. The van der Waals surface area contributed by atoms with E-state index >= 15 is 0 Å². The van der Waals surface area contributed by atoms with Crippen LogP contribution in [0.4, 0.5) is 4.79 Å². The van der Waals surface area contributed by atoms with Crippen LogP contribution in [0.1, 0.15) is 11.3 Å². The lowest BCUT2D eigenvalue weighted by Crippen LogP contribution is -2.12. The quantitative estimate of drug-likeness (QED) is 0.797. The van der Waals surface area contributed by atoms with Crippen molar-refractivity contribution >= 4 is 17.0 Å². The number of rotatable bonds is 4. The standard InChI is InChI=1S/C16H14N2O3/c19-16(20)18-14(8-13-6-7-17-9-15(13)18)11-21-10-12-4-2-1-3-5-12/h1-9H,10-11H2,(H,19,20). The van der Waals surface area contributed by atoms with E-state index in [0.29, 0.717) is 17.8 Å². The van der Waals surface area contributed by atoms with Crippen LogP contribution in [0.2, 0.25) is 0 Å². The number of hydrogen-bond acceptors (Lipinski definition) is 3. The van der Waals surface area contributed by atoms with E-state index in [0.717, 1.165) is 10.9 Å². The first-order chi connectivity index (χ1) is 10.3. The fourth-order valence-corrected chi connectivity index (χ4v) is 2.28. The van der Waals surface area contributed by atoms with E-state index in [-0.39, 0.29) is 6.61 Å². The highest BCUT2D eigenvalue weighted by Gasteiger charge is 2.14. The number of aromatic nitrogens is 2. The molecule has 106 valence electrons. The third kappa shape index (κ3) is 2.78. The Kier molecular flexibility index (Phi) is 3.66. The van der Waals surface area contributed by atoms with Crippen molar-refractivity contribution in [2.24, 2.45) is 0 Å². The number of nitrogens with zero attached hydrogens (tertiary/aromatic N) is 2. The number of ether oxygens (including phenoxy) is 1. The highest BCUT2D eigenvalue weighted by Crippen LogP contribution is 2.19. The summed E-state index contributed by atoms with van der Waals surface area (Å²) < 4.78 is 6.84. The summed E-state index contributed by atoms with van der Waals surface area (Å²) in [6.07, 6.45) is 2.16. The van der Waals surface area contributed by atoms with Crippen molar-refractivity contribution in [3.05, 3.63) is 66.1 Å². The first-order valence-electron chi connectivity index (χ1n) is 6.55. The highest BCUT2D eigenvalue weighted by atomic mass is 16.5. The fourth-order valence-electron chi connectivity index (χ4n) is 2.28. The van der Waals surface area contributed by atoms with E-state index in [2.05, 4.69) is 4.98 Å². The predicted molar refractivity (Wildman–Crippen MR) is 78.1 cm³/mol. The van der Waals surface area contributed by atoms with Gasteiger partial charge in [-0.05, 0) is 17.7 Å². The Balaban J connectivity index is 1.80. The van der Waals surface area contributed by atoms with Crippen LogP contribution >= 0.6 is 0 Å². The molecule has 0 amide bonds. The van der Waals surface area contributed by atoms with Gasteiger partial charge in [0.2, 0.25) is 0 Å². The first-order valence-corrected chi connectivity index (χ1v) is 6.55. The minimum absolute atomic E-state index is 0.232. The van der Waals surface area contributed by atoms with Crippen LogP contribution in [-0.2, 0) is 18.0 Å². The zero-order valence-electron chi connectivity index (χ0n) is 11.3. The van der Waals surface area contributed by atoms with Gasteiger partial charge in [-0.2, -0.15) is 0 Å². The number of pyridine rings is 1. The maximum Gasteiger partial charge on any atom is 0.416 e. The monoisotopic (exact) mass is 282 g/mol. The molecule has 5 nitrogen and oxygen atoms in total. The molecule has 0 fully saturated rings. The second kappa shape index (κ2) is 5.76. The number of fused-ring (bicyclic) bond motifs is 1. The van der Waals surface area contributed by atoms with Gasteiger partial charge in [-0.25, -0.2) is 9.36 Å². The Hall–Kier alpha value is -2.66. The van der Waals surface area contributed by atoms with Crippen LogP contribution in [0.15, 0.2) is 54.9 Å². The smallest absolute Gasteiger partial charge is 0.416 e. The van der Waals surface area contributed by atoms with Crippen molar-refractivity contribution in [2.75, 3.05) is 0 Å². The zero-order chi connectivity index (χ0) is 14.7. The van der Waals surface area contributed by atoms with E-state index in [4.69, 9.17) is 4.74 Å². The Morgan fingerprint density at radius 1 is 1.19 bits per heavy atom. The minimum atomic E-state index is -1.03. The van der Waals surface area contributed by atoms with Crippen molar-refractivity contribution in [1.82, 2.24) is 9.55 Å². The zero-order valence-corrected chi connectivity index (χ0v) is 11.3. The molecule has 0 saturated carbocycles. The first kappa shape index (κ1) is 13.3. The van der Waals surface area contributed by atoms with Gasteiger partial charge in [-0.15, -0.1) is 0 Å². The van der Waals surface area contributed by atoms with Crippen LogP contribution in [-0.4, -0.2) is 20.8 Å². The third-order valence-corrected chi connectivity index (χ3v) is 3.24. The van der Waals surface area contributed by atoms with E-state index in [1.807, 2.05) is 36.4 Å². The van der Waals surface area contributed by atoms with Gasteiger partial charge in [-0.1, -0.05) is 30.3 Å². The Morgan fingerprint density at radius 2 is 2.00 bits per heavy atom. The van der Waals surface area contributed by atoms with Crippen molar-refractivity contribution in [3.63, 3.8) is 0 Å². The van der Waals surface area contributed by atoms with Crippen LogP contribution in [0.5, 0.6) is 0 Å². The molecule has 3 aromatic rings. The lowest BCUT2D eigenvalue weighted by Gasteiger charge is -2.06. The van der Waals surface area contributed by atoms with E-state index in [9.17, 15) is 9.90 Å². The van der Waals surface area contributed by atoms with Gasteiger partial charge in [0.1, 0.15) is 0 Å². The molecule has 2 heterocycles. The summed E-state index contributed by atoms with van der Waals surface area (Å²) in [4.78, 5) is 15.4. The SMILES string of the molecule is O=C(O)n1c(COCc2ccccc2)cc2ccncc21. The molecule has 5 heteroatoms. The summed E-state index contributed by atoms with van der Waals surface area (Å²) in [5.74, 6) is 0. The van der Waals surface area contributed by atoms with E-state index in [1.54, 1.807) is 18.5 Å². The largest absolute Gasteiger partial charge is 0.464 e. The lowest BCUT2D eigenvalue weighted by molar-refractivity contribution is 0.102. The van der Waals surface area contributed by atoms with Crippen LogP contribution < -0.4 is 0 Å². The average molecular weight is 282 g/mol. The molecule has 0 aliphatic rings. The van der Waals surface area contributed by atoms with Crippen molar-refractivity contribution in [2.45, 2.75) is 13.2 Å². The van der Waals surface area contributed by atoms with Gasteiger partial charge in [0.15, 0.2) is 0 Å². The molecule has 0 saturated heterocycles. The number of hydrogen-bond donors (Lipinski definition) is 1. The summed E-state index contributed by atoms with van der Waals surface area (Å²) in [6.45, 7) is 0.677. The van der Waals surface area contributed by atoms with Gasteiger partial charge in [0.05, 0.1) is 30.6 Å². The Labute approximate surface area is 121 Å². The molecule has 1 N–H and O–H groups in total. The summed E-state index contributed by atoms with van der Waals surface area (Å²) in [5, 5.41) is 10.2. The van der Waals surface area contributed by atoms with Gasteiger partial charge < -0.3 is 9.84 Å². The molecule has 0 atom stereocenters. The predicted octanol–water partition coefficient (Wildman–Crippen LogP) is 3.28. The van der Waals surface area contributed by atoms with Crippen molar-refractivity contribution in [3.8, 4) is 0 Å². The molecule has 21 heavy (non-hydrogen) atoms. The highest BCUT2D eigenvalue weighted by molar-refractivity contribution is 5.89. The second-order valence-corrected chi connectivity index (χ2v) is 4.67. The molecule has 0 bridgehead atoms. The number of carboxylic acid groups (broad SMARTS) is 1. The second-order valence-electron chi connectivity index (χ2n) is 4.67. The average Bonchev–Trinajstić information content (AvgIpc) is 2.86. The summed E-state index contributed by atoms with van der Waals surface area (Å²) in [7, 11) is 0. The minimum Gasteiger partial charge on any atom is -0.464 e. The van der Waals surface area contributed by atoms with E-state index in [1.165, 1.54) is 4.57 Å². The molecule has 2 aromatic heterocycles. The topological polar surface area (TPSA) is 64.3 Å². The van der Waals surface area contributed by atoms with Crippen molar-refractivity contribution < 1.29 is 14.6 Å². The maximum absolute atomic E-state index is 11.4. The molecular formula is C16H14N2O3. The maximum atomic E-state index is 11.4. The summed E-state index contributed by atoms with van der Waals surface area (Å²) in [6, 6.07) is 13.4. The molecule has 0 aliphatic carbocycles. The fraction of sp³-hybridized carbons (Fsp3) is 0.125. The van der Waals surface area contributed by atoms with Gasteiger partial charge in [-0.3, -0.25) is 4.98 Å². The van der Waals surface area contributed by atoms with Crippen LogP contribution in [0.25, 0.3) is 10.9 Å².